The Labute approximate surface area is 75.7 Å². The number of aromatic nitrogens is 2. The fourth-order valence-corrected chi connectivity index (χ4v) is 0.746. The Hall–Kier alpha value is -1.85. The number of hydrogen-bond donors (Lipinski definition) is 2. The Morgan fingerprint density at radius 3 is 2.77 bits per heavy atom. The molecular formula is C7H11N5O. The van der Waals surface area contributed by atoms with Crippen LogP contribution < -0.4 is 10.6 Å². The molecule has 0 atom stereocenters. The van der Waals surface area contributed by atoms with Gasteiger partial charge in [0.15, 0.2) is 5.84 Å². The molecule has 1 rings (SSSR count). The number of rotatable bonds is 2. The van der Waals surface area contributed by atoms with Crippen molar-refractivity contribution in [1.82, 2.24) is 9.97 Å². The van der Waals surface area contributed by atoms with Crippen LogP contribution in [-0.2, 0) is 0 Å². The monoisotopic (exact) mass is 181 g/mol. The summed E-state index contributed by atoms with van der Waals surface area (Å²) in [6, 6.07) is 0. The van der Waals surface area contributed by atoms with Crippen molar-refractivity contribution in [2.45, 2.75) is 0 Å². The molecule has 3 N–H and O–H groups in total. The molecule has 0 aliphatic carbocycles. The molecule has 70 valence electrons. The molecule has 6 nitrogen and oxygen atoms in total. The first-order valence-electron chi connectivity index (χ1n) is 3.62. The molecule has 0 aliphatic heterocycles. The highest BCUT2D eigenvalue weighted by atomic mass is 16.4. The Morgan fingerprint density at radius 2 is 2.23 bits per heavy atom. The molecule has 0 saturated heterocycles. The topological polar surface area (TPSA) is 87.6 Å². The molecule has 1 aromatic heterocycles. The summed E-state index contributed by atoms with van der Waals surface area (Å²) >= 11 is 0. The molecule has 0 aliphatic rings. The van der Waals surface area contributed by atoms with E-state index in [0.717, 1.165) is 0 Å². The van der Waals surface area contributed by atoms with Gasteiger partial charge in [-0.15, -0.1) is 0 Å². The second kappa shape index (κ2) is 3.70. The van der Waals surface area contributed by atoms with E-state index in [1.165, 1.54) is 6.20 Å². The van der Waals surface area contributed by atoms with Crippen molar-refractivity contribution < 1.29 is 5.21 Å². The van der Waals surface area contributed by atoms with Crippen LogP contribution in [0.3, 0.4) is 0 Å². The van der Waals surface area contributed by atoms with Crippen LogP contribution in [0, 0.1) is 0 Å². The lowest BCUT2D eigenvalue weighted by Gasteiger charge is -2.10. The second-order valence-electron chi connectivity index (χ2n) is 2.64. The number of hydrogen-bond acceptors (Lipinski definition) is 5. The number of nitrogens with two attached hydrogens (primary N) is 1. The highest BCUT2D eigenvalue weighted by molar-refractivity contribution is 5.95. The van der Waals surface area contributed by atoms with Crippen molar-refractivity contribution >= 4 is 11.7 Å². The van der Waals surface area contributed by atoms with Gasteiger partial charge in [-0.3, -0.25) is 4.98 Å². The van der Waals surface area contributed by atoms with Crippen molar-refractivity contribution in [1.29, 1.82) is 0 Å². The third kappa shape index (κ3) is 2.05. The lowest BCUT2D eigenvalue weighted by Crippen LogP contribution is -2.18. The summed E-state index contributed by atoms with van der Waals surface area (Å²) in [5.41, 5.74) is 5.70. The summed E-state index contributed by atoms with van der Waals surface area (Å²) in [5.74, 6) is 0.611. The summed E-state index contributed by atoms with van der Waals surface area (Å²) in [5, 5.41) is 11.2. The minimum absolute atomic E-state index is 0.0452. The largest absolute Gasteiger partial charge is 0.409 e. The average molecular weight is 181 g/mol. The maximum atomic E-state index is 8.40. The molecule has 1 aromatic rings. The van der Waals surface area contributed by atoms with Gasteiger partial charge < -0.3 is 15.8 Å². The molecule has 0 aromatic carbocycles. The lowest BCUT2D eigenvalue weighted by atomic mass is 10.4. The zero-order valence-corrected chi connectivity index (χ0v) is 7.47. The van der Waals surface area contributed by atoms with E-state index in [1.54, 1.807) is 11.1 Å². The van der Waals surface area contributed by atoms with Gasteiger partial charge in [0.25, 0.3) is 0 Å². The van der Waals surface area contributed by atoms with Crippen LogP contribution in [-0.4, -0.2) is 35.1 Å². The molecule has 0 unspecified atom stereocenters. The molecule has 0 spiro atoms. The van der Waals surface area contributed by atoms with Crippen molar-refractivity contribution in [2.75, 3.05) is 19.0 Å². The molecule has 0 radical (unpaired) electrons. The number of oxime groups is 1. The molecule has 0 bridgehead atoms. The third-order valence-corrected chi connectivity index (χ3v) is 1.45. The van der Waals surface area contributed by atoms with Crippen molar-refractivity contribution in [3.63, 3.8) is 0 Å². The predicted octanol–water partition coefficient (Wildman–Crippen LogP) is -0.363. The summed E-state index contributed by atoms with van der Waals surface area (Å²) < 4.78 is 0. The third-order valence-electron chi connectivity index (χ3n) is 1.45. The molecule has 0 fully saturated rings. The van der Waals surface area contributed by atoms with Gasteiger partial charge in [0.2, 0.25) is 0 Å². The van der Waals surface area contributed by atoms with Crippen LogP contribution in [0.2, 0.25) is 0 Å². The van der Waals surface area contributed by atoms with Gasteiger partial charge in [-0.1, -0.05) is 5.16 Å². The number of anilines is 1. The average Bonchev–Trinajstić information content (AvgIpc) is 2.17. The zero-order valence-electron chi connectivity index (χ0n) is 7.47. The van der Waals surface area contributed by atoms with Gasteiger partial charge in [0, 0.05) is 14.1 Å². The summed E-state index contributed by atoms with van der Waals surface area (Å²) in [4.78, 5) is 9.77. The van der Waals surface area contributed by atoms with Gasteiger partial charge in [0.05, 0.1) is 12.4 Å². The zero-order chi connectivity index (χ0) is 9.84. The van der Waals surface area contributed by atoms with Gasteiger partial charge in [0.1, 0.15) is 11.5 Å². The minimum atomic E-state index is -0.0452. The highest BCUT2D eigenvalue weighted by Gasteiger charge is 2.03. The first kappa shape index (κ1) is 9.24. The predicted molar refractivity (Wildman–Crippen MR) is 48.9 cm³/mol. The molecule has 0 saturated carbocycles. The fourth-order valence-electron chi connectivity index (χ4n) is 0.746. The van der Waals surface area contributed by atoms with Crippen LogP contribution in [0.4, 0.5) is 5.82 Å². The summed E-state index contributed by atoms with van der Waals surface area (Å²) in [6.45, 7) is 0. The van der Waals surface area contributed by atoms with Crippen molar-refractivity contribution in [3.05, 3.63) is 18.1 Å². The maximum Gasteiger partial charge on any atom is 0.190 e. The summed E-state index contributed by atoms with van der Waals surface area (Å²) in [6.07, 6.45) is 3.02. The van der Waals surface area contributed by atoms with Crippen LogP contribution >= 0.6 is 0 Å². The Morgan fingerprint density at radius 1 is 1.54 bits per heavy atom. The van der Waals surface area contributed by atoms with E-state index in [0.29, 0.717) is 11.5 Å². The van der Waals surface area contributed by atoms with Crippen molar-refractivity contribution in [2.24, 2.45) is 10.9 Å². The molecular weight excluding hydrogens is 170 g/mol. The van der Waals surface area contributed by atoms with Crippen LogP contribution in [0.25, 0.3) is 0 Å². The van der Waals surface area contributed by atoms with Crippen LogP contribution in [0.1, 0.15) is 5.69 Å². The van der Waals surface area contributed by atoms with E-state index in [4.69, 9.17) is 10.9 Å². The van der Waals surface area contributed by atoms with Gasteiger partial charge in [-0.25, -0.2) is 4.98 Å². The Balaban J connectivity index is 3.05. The Kier molecular flexibility index (Phi) is 2.63. The van der Waals surface area contributed by atoms with Crippen LogP contribution in [0.5, 0.6) is 0 Å². The molecule has 1 heterocycles. The van der Waals surface area contributed by atoms with Gasteiger partial charge >= 0.3 is 0 Å². The van der Waals surface area contributed by atoms with Crippen molar-refractivity contribution in [3.8, 4) is 0 Å². The summed E-state index contributed by atoms with van der Waals surface area (Å²) in [7, 11) is 3.67. The van der Waals surface area contributed by atoms with Crippen LogP contribution in [0.15, 0.2) is 17.5 Å². The molecule has 6 heteroatoms. The van der Waals surface area contributed by atoms with E-state index in [-0.39, 0.29) is 5.84 Å². The van der Waals surface area contributed by atoms with E-state index in [9.17, 15) is 0 Å². The first-order valence-corrected chi connectivity index (χ1v) is 3.62. The Bertz CT molecular complexity index is 322. The molecule has 0 amide bonds. The quantitative estimate of drug-likeness (QED) is 0.281. The number of amidine groups is 1. The second-order valence-corrected chi connectivity index (χ2v) is 2.64. The standard InChI is InChI=1S/C7H11N5O/c1-12(2)6-4-9-3-5(10-6)7(8)11-13/h3-4,13H,1-2H3,(H2,8,11). The van der Waals surface area contributed by atoms with E-state index < -0.39 is 0 Å². The highest BCUT2D eigenvalue weighted by Crippen LogP contribution is 2.04. The van der Waals surface area contributed by atoms with Gasteiger partial charge in [-0.05, 0) is 0 Å². The fraction of sp³-hybridized carbons (Fsp3) is 0.286. The molecule has 13 heavy (non-hydrogen) atoms. The van der Waals surface area contributed by atoms with E-state index in [1.807, 2.05) is 14.1 Å². The maximum absolute atomic E-state index is 8.40. The first-order chi connectivity index (χ1) is 6.15. The lowest BCUT2D eigenvalue weighted by molar-refractivity contribution is 0.318. The normalized spacial score (nSPS) is 11.4. The smallest absolute Gasteiger partial charge is 0.190 e. The van der Waals surface area contributed by atoms with Gasteiger partial charge in [-0.2, -0.15) is 0 Å². The van der Waals surface area contributed by atoms with E-state index >= 15 is 0 Å². The number of nitrogens with zero attached hydrogens (tertiary/aromatic N) is 4. The van der Waals surface area contributed by atoms with E-state index in [2.05, 4.69) is 15.1 Å². The SMILES string of the molecule is CN(C)c1cncc(/C(N)=N/O)n1. The minimum Gasteiger partial charge on any atom is -0.409 e.